The summed E-state index contributed by atoms with van der Waals surface area (Å²) in [5, 5.41) is 5.85. The number of anilines is 4. The van der Waals surface area contributed by atoms with Gasteiger partial charge in [0.15, 0.2) is 0 Å². The van der Waals surface area contributed by atoms with Crippen LogP contribution >= 0.6 is 0 Å². The summed E-state index contributed by atoms with van der Waals surface area (Å²) in [6.07, 6.45) is 1.74. The molecule has 1 aliphatic rings. The number of carbonyl (C=O) groups is 1. The third-order valence-electron chi connectivity index (χ3n) is 5.37. The zero-order chi connectivity index (χ0) is 24.3. The summed E-state index contributed by atoms with van der Waals surface area (Å²) in [6, 6.07) is 11.9. The van der Waals surface area contributed by atoms with Crippen molar-refractivity contribution in [2.24, 2.45) is 0 Å². The number of nitrogens with zero attached hydrogens (tertiary/aromatic N) is 5. The molecule has 10 nitrogen and oxygen atoms in total. The average molecular weight is 482 g/mol. The molecule has 0 saturated carbocycles. The Morgan fingerprint density at radius 3 is 2.29 bits per heavy atom. The Balaban J connectivity index is 1.44. The summed E-state index contributed by atoms with van der Waals surface area (Å²) in [4.78, 5) is 26.7. The SMILES string of the molecule is CC(=O)Nc1ccc(S(=O)(=O)N2CCN(c3cc(Nc4cc(C)ccn4)nc(C)n3)CC2)cc1. The molecule has 1 aliphatic heterocycles. The maximum absolute atomic E-state index is 13.1. The Morgan fingerprint density at radius 2 is 1.65 bits per heavy atom. The van der Waals surface area contributed by atoms with Gasteiger partial charge >= 0.3 is 0 Å². The molecule has 0 unspecified atom stereocenters. The normalized spacial score (nSPS) is 14.6. The lowest BCUT2D eigenvalue weighted by molar-refractivity contribution is -0.114. The Hall–Kier alpha value is -3.57. The molecular weight excluding hydrogens is 454 g/mol. The summed E-state index contributed by atoms with van der Waals surface area (Å²) in [6.45, 7) is 6.89. The van der Waals surface area contributed by atoms with E-state index in [0.29, 0.717) is 49.3 Å². The van der Waals surface area contributed by atoms with Gasteiger partial charge in [0.05, 0.1) is 4.90 Å². The largest absolute Gasteiger partial charge is 0.354 e. The molecule has 2 N–H and O–H groups in total. The number of aromatic nitrogens is 3. The van der Waals surface area contributed by atoms with Crippen LogP contribution in [0.2, 0.25) is 0 Å². The number of piperazine rings is 1. The monoisotopic (exact) mass is 481 g/mol. The lowest BCUT2D eigenvalue weighted by Crippen LogP contribution is -2.49. The van der Waals surface area contributed by atoms with E-state index in [1.165, 1.54) is 23.4 Å². The van der Waals surface area contributed by atoms with Crippen LogP contribution in [0.25, 0.3) is 0 Å². The van der Waals surface area contributed by atoms with Crippen molar-refractivity contribution in [1.82, 2.24) is 19.3 Å². The maximum atomic E-state index is 13.1. The highest BCUT2D eigenvalue weighted by Crippen LogP contribution is 2.24. The minimum absolute atomic E-state index is 0.199. The van der Waals surface area contributed by atoms with Crippen molar-refractivity contribution in [3.8, 4) is 0 Å². The van der Waals surface area contributed by atoms with Gasteiger partial charge in [-0.25, -0.2) is 23.4 Å². The van der Waals surface area contributed by atoms with E-state index in [9.17, 15) is 13.2 Å². The van der Waals surface area contributed by atoms with Crippen molar-refractivity contribution >= 4 is 39.1 Å². The van der Waals surface area contributed by atoms with Crippen LogP contribution in [-0.4, -0.2) is 59.8 Å². The Bertz CT molecular complexity index is 1290. The standard InChI is InChI=1S/C23H27N7O3S/c1-16-8-9-24-21(14-16)28-22-15-23(26-17(2)25-22)29-10-12-30(13-11-29)34(32,33)20-6-4-19(5-7-20)27-18(3)31/h4-9,14-15H,10-13H2,1-3H3,(H,27,31)(H,24,25,26,28). The van der Waals surface area contributed by atoms with Gasteiger partial charge in [-0.2, -0.15) is 4.31 Å². The summed E-state index contributed by atoms with van der Waals surface area (Å²) in [5.41, 5.74) is 1.64. The number of hydrogen-bond acceptors (Lipinski definition) is 8. The second-order valence-electron chi connectivity index (χ2n) is 8.10. The summed E-state index contributed by atoms with van der Waals surface area (Å²) in [7, 11) is -3.63. The van der Waals surface area contributed by atoms with Crippen LogP contribution in [0.15, 0.2) is 53.6 Å². The van der Waals surface area contributed by atoms with Gasteiger partial charge in [-0.05, 0) is 55.8 Å². The third-order valence-corrected chi connectivity index (χ3v) is 7.28. The molecule has 178 valence electrons. The fourth-order valence-corrected chi connectivity index (χ4v) is 5.16. The molecule has 0 bridgehead atoms. The Labute approximate surface area is 199 Å². The topological polar surface area (TPSA) is 120 Å². The first-order chi connectivity index (χ1) is 16.2. The molecule has 34 heavy (non-hydrogen) atoms. The predicted molar refractivity (Wildman–Crippen MR) is 131 cm³/mol. The van der Waals surface area contributed by atoms with Gasteiger partial charge < -0.3 is 15.5 Å². The van der Waals surface area contributed by atoms with Crippen molar-refractivity contribution in [1.29, 1.82) is 0 Å². The van der Waals surface area contributed by atoms with E-state index in [-0.39, 0.29) is 10.8 Å². The second-order valence-corrected chi connectivity index (χ2v) is 10.0. The summed E-state index contributed by atoms with van der Waals surface area (Å²) < 4.78 is 27.6. The van der Waals surface area contributed by atoms with Gasteiger partial charge in [-0.3, -0.25) is 4.79 Å². The fraction of sp³-hybridized carbons (Fsp3) is 0.304. The molecular formula is C23H27N7O3S. The lowest BCUT2D eigenvalue weighted by atomic mass is 10.3. The van der Waals surface area contributed by atoms with Crippen molar-refractivity contribution in [2.75, 3.05) is 41.7 Å². The highest BCUT2D eigenvalue weighted by atomic mass is 32.2. The van der Waals surface area contributed by atoms with Crippen molar-refractivity contribution in [2.45, 2.75) is 25.7 Å². The van der Waals surface area contributed by atoms with E-state index < -0.39 is 10.0 Å². The number of rotatable bonds is 6. The fourth-order valence-electron chi connectivity index (χ4n) is 3.73. The number of benzene rings is 1. The Morgan fingerprint density at radius 1 is 0.941 bits per heavy atom. The van der Waals surface area contributed by atoms with Gasteiger partial charge in [0.2, 0.25) is 15.9 Å². The highest BCUT2D eigenvalue weighted by Gasteiger charge is 2.29. The molecule has 1 amide bonds. The minimum Gasteiger partial charge on any atom is -0.354 e. The molecule has 0 radical (unpaired) electrons. The van der Waals surface area contributed by atoms with E-state index in [1.807, 2.05) is 32.0 Å². The van der Waals surface area contributed by atoms with Gasteiger partial charge in [-0.15, -0.1) is 0 Å². The minimum atomic E-state index is -3.63. The molecule has 0 spiro atoms. The molecule has 2 aromatic heterocycles. The Kier molecular flexibility index (Phi) is 6.75. The molecule has 0 atom stereocenters. The molecule has 0 aliphatic carbocycles. The molecule has 1 aromatic carbocycles. The number of amides is 1. The van der Waals surface area contributed by atoms with Gasteiger partial charge in [0.25, 0.3) is 0 Å². The summed E-state index contributed by atoms with van der Waals surface area (Å²) >= 11 is 0. The zero-order valence-electron chi connectivity index (χ0n) is 19.3. The first kappa shape index (κ1) is 23.6. The molecule has 1 saturated heterocycles. The van der Waals surface area contributed by atoms with E-state index in [0.717, 1.165) is 11.4 Å². The van der Waals surface area contributed by atoms with Crippen LogP contribution in [0.5, 0.6) is 0 Å². The van der Waals surface area contributed by atoms with Crippen LogP contribution in [0, 0.1) is 13.8 Å². The molecule has 3 aromatic rings. The van der Waals surface area contributed by atoms with Crippen molar-refractivity contribution in [3.05, 3.63) is 60.0 Å². The van der Waals surface area contributed by atoms with Crippen LogP contribution in [0.1, 0.15) is 18.3 Å². The predicted octanol–water partition coefficient (Wildman–Crippen LogP) is 2.70. The average Bonchev–Trinajstić information content (AvgIpc) is 2.79. The second kappa shape index (κ2) is 9.74. The van der Waals surface area contributed by atoms with Gasteiger partial charge in [0.1, 0.15) is 23.3 Å². The number of pyridine rings is 1. The number of nitrogens with one attached hydrogen (secondary N) is 2. The first-order valence-electron chi connectivity index (χ1n) is 10.9. The number of sulfonamides is 1. The molecule has 4 rings (SSSR count). The first-order valence-corrected chi connectivity index (χ1v) is 12.3. The molecule has 11 heteroatoms. The number of hydrogen-bond donors (Lipinski definition) is 2. The van der Waals surface area contributed by atoms with Crippen molar-refractivity contribution < 1.29 is 13.2 Å². The quantitative estimate of drug-likeness (QED) is 0.551. The maximum Gasteiger partial charge on any atom is 0.243 e. The van der Waals surface area contributed by atoms with Crippen LogP contribution in [0.3, 0.4) is 0 Å². The van der Waals surface area contributed by atoms with E-state index in [2.05, 4.69) is 30.5 Å². The number of carbonyl (C=O) groups excluding carboxylic acids is 1. The highest BCUT2D eigenvalue weighted by molar-refractivity contribution is 7.89. The van der Waals surface area contributed by atoms with E-state index in [1.54, 1.807) is 18.3 Å². The molecule has 3 heterocycles. The van der Waals surface area contributed by atoms with Crippen LogP contribution in [0.4, 0.5) is 23.1 Å². The van der Waals surface area contributed by atoms with Gasteiger partial charge in [0, 0.05) is 51.1 Å². The van der Waals surface area contributed by atoms with Crippen molar-refractivity contribution in [3.63, 3.8) is 0 Å². The smallest absolute Gasteiger partial charge is 0.243 e. The third kappa shape index (κ3) is 5.49. The van der Waals surface area contributed by atoms with Crippen LogP contribution in [-0.2, 0) is 14.8 Å². The zero-order valence-corrected chi connectivity index (χ0v) is 20.1. The van der Waals surface area contributed by atoms with Crippen LogP contribution < -0.4 is 15.5 Å². The number of aryl methyl sites for hydroxylation is 2. The van der Waals surface area contributed by atoms with E-state index >= 15 is 0 Å². The lowest BCUT2D eigenvalue weighted by Gasteiger charge is -2.34. The van der Waals surface area contributed by atoms with Gasteiger partial charge in [-0.1, -0.05) is 0 Å². The molecule has 1 fully saturated rings. The summed E-state index contributed by atoms with van der Waals surface area (Å²) in [5.74, 6) is 2.47. The van der Waals surface area contributed by atoms with E-state index in [4.69, 9.17) is 0 Å².